The summed E-state index contributed by atoms with van der Waals surface area (Å²) in [4.78, 5) is 24.8. The van der Waals surface area contributed by atoms with Gasteiger partial charge in [0, 0.05) is 0 Å². The fourth-order valence-corrected chi connectivity index (χ4v) is 7.89. The Morgan fingerprint density at radius 1 is 0.512 bits per heavy atom. The second-order valence-electron chi connectivity index (χ2n) is 10.5. The molecule has 0 fully saturated rings. The van der Waals surface area contributed by atoms with Gasteiger partial charge in [0.05, 0.1) is 24.4 Å². The number of hydrogen-bond acceptors (Lipinski definition) is 8. The molecule has 0 amide bonds. The Morgan fingerprint density at radius 2 is 0.698 bits per heavy atom. The van der Waals surface area contributed by atoms with E-state index in [9.17, 15) is 9.79 Å². The normalized spacial score (nSPS) is 16.5. The molecule has 0 aliphatic carbocycles. The Labute approximate surface area is 288 Å². The predicted molar refractivity (Wildman–Crippen MR) is 185 cm³/mol. The minimum atomic E-state index is -3.46. The van der Waals surface area contributed by atoms with Gasteiger partial charge < -0.3 is 27.9 Å². The summed E-state index contributed by atoms with van der Waals surface area (Å²) < 4.78 is 22.3. The molecule has 0 aliphatic heterocycles. The van der Waals surface area contributed by atoms with E-state index in [-0.39, 0.29) is 43.9 Å². The smallest absolute Gasteiger partial charge is 0.780 e. The summed E-state index contributed by atoms with van der Waals surface area (Å²) in [6.45, 7) is 16.4. The van der Waals surface area contributed by atoms with Crippen LogP contribution in [0.15, 0.2) is 50.6 Å². The van der Waals surface area contributed by atoms with Crippen molar-refractivity contribution >= 4 is 37.1 Å². The van der Waals surface area contributed by atoms with Crippen molar-refractivity contribution < 1.29 is 47.4 Å². The third-order valence-corrected chi connectivity index (χ3v) is 9.61. The average molecular weight is 732 g/mol. The van der Waals surface area contributed by atoms with Gasteiger partial charge in [-0.05, 0) is 51.4 Å². The largest absolute Gasteiger partial charge is 2.00 e. The number of unbranched alkanes of at least 4 members (excludes halogenated alkanes) is 4. The minimum Gasteiger partial charge on any atom is -0.780 e. The van der Waals surface area contributed by atoms with Gasteiger partial charge in [0.2, 0.25) is 0 Å². The van der Waals surface area contributed by atoms with Gasteiger partial charge in [0.15, 0.2) is 0 Å². The zero-order valence-electron chi connectivity index (χ0n) is 27.6. The van der Waals surface area contributed by atoms with Crippen molar-refractivity contribution in [2.24, 2.45) is 0 Å². The van der Waals surface area contributed by atoms with Crippen LogP contribution in [0.4, 0.5) is 0 Å². The molecule has 0 radical (unpaired) electrons. The van der Waals surface area contributed by atoms with Gasteiger partial charge in [-0.1, -0.05) is 127 Å². The molecule has 0 saturated heterocycles. The van der Waals surface area contributed by atoms with Crippen LogP contribution in [0.5, 0.6) is 0 Å². The maximum absolute atomic E-state index is 12.4. The van der Waals surface area contributed by atoms with Crippen molar-refractivity contribution in [2.75, 3.05) is 0 Å². The predicted octanol–water partition coefficient (Wildman–Crippen LogP) is 9.75. The van der Waals surface area contributed by atoms with Crippen molar-refractivity contribution in [3.63, 3.8) is 0 Å². The van der Waals surface area contributed by atoms with Gasteiger partial charge in [0.1, 0.15) is 13.4 Å². The topological polar surface area (TPSA) is 83.0 Å². The zero-order valence-corrected chi connectivity index (χ0v) is 34.0. The first-order valence-electron chi connectivity index (χ1n) is 15.8. The van der Waals surface area contributed by atoms with Crippen LogP contribution < -0.4 is 9.79 Å². The van der Waals surface area contributed by atoms with Crippen LogP contribution in [0.2, 0.25) is 0 Å². The number of hydrogen-bond donors (Lipinski definition) is 0. The first-order valence-corrected chi connectivity index (χ1v) is 20.9. The maximum Gasteiger partial charge on any atom is 2.00 e. The SMILES string of the molecule is C=CCC(CCCC)OP([O-])(=S)OC(CC=C)CCCC.C=CCC(CCCC)OP([O-])(=S)OC(CC=C)CCCC.[Zn+2]. The van der Waals surface area contributed by atoms with Crippen molar-refractivity contribution in [1.29, 1.82) is 0 Å². The van der Waals surface area contributed by atoms with Crippen LogP contribution in [-0.4, -0.2) is 24.4 Å². The first-order chi connectivity index (χ1) is 20.0. The van der Waals surface area contributed by atoms with E-state index in [4.69, 9.17) is 41.7 Å². The Hall–Kier alpha value is 0.643. The van der Waals surface area contributed by atoms with Gasteiger partial charge in [-0.25, -0.2) is 0 Å². The van der Waals surface area contributed by atoms with Gasteiger partial charge in [-0.15, -0.1) is 26.3 Å². The molecule has 0 rings (SSSR count). The maximum atomic E-state index is 12.4. The van der Waals surface area contributed by atoms with Crippen molar-refractivity contribution in [1.82, 2.24) is 0 Å². The van der Waals surface area contributed by atoms with E-state index in [0.717, 1.165) is 77.0 Å². The number of rotatable bonds is 28. The standard InChI is InChI=1S/2C16H31O3PS.Zn/c2*1-5-9-13-15(11-7-3)18-20(17,21)19-16(12-8-4)14-10-6-2;/h2*7-8,15-16H,3-6,9-14H2,1-2H3,(H,17,21);/q;;+2/p-2. The van der Waals surface area contributed by atoms with E-state index in [2.05, 4.69) is 54.0 Å². The molecule has 0 heterocycles. The summed E-state index contributed by atoms with van der Waals surface area (Å²) in [6, 6.07) is 0. The Bertz CT molecular complexity index is 682. The monoisotopic (exact) mass is 730 g/mol. The quantitative estimate of drug-likeness (QED) is 0.0447. The van der Waals surface area contributed by atoms with E-state index >= 15 is 0 Å². The zero-order chi connectivity index (χ0) is 32.3. The van der Waals surface area contributed by atoms with Crippen LogP contribution in [0.3, 0.4) is 0 Å². The van der Waals surface area contributed by atoms with Crippen molar-refractivity contribution in [3.8, 4) is 0 Å². The molecule has 4 unspecified atom stereocenters. The molecule has 248 valence electrons. The van der Waals surface area contributed by atoms with Crippen LogP contribution in [0.25, 0.3) is 0 Å². The van der Waals surface area contributed by atoms with Gasteiger partial charge in [-0.2, -0.15) is 0 Å². The molecule has 4 atom stereocenters. The van der Waals surface area contributed by atoms with Crippen LogP contribution in [-0.2, 0) is 61.2 Å². The van der Waals surface area contributed by atoms with E-state index in [0.29, 0.717) is 25.7 Å². The van der Waals surface area contributed by atoms with E-state index in [1.807, 2.05) is 0 Å². The van der Waals surface area contributed by atoms with Gasteiger partial charge in [0.25, 0.3) is 0 Å². The van der Waals surface area contributed by atoms with Crippen LogP contribution in [0, 0.1) is 0 Å². The first kappa shape index (κ1) is 48.0. The molecule has 0 bridgehead atoms. The molecule has 43 heavy (non-hydrogen) atoms. The molecule has 0 spiro atoms. The van der Waals surface area contributed by atoms with E-state index in [1.165, 1.54) is 0 Å². The van der Waals surface area contributed by atoms with E-state index in [1.54, 1.807) is 24.3 Å². The molecule has 6 nitrogen and oxygen atoms in total. The van der Waals surface area contributed by atoms with E-state index < -0.39 is 13.4 Å². The summed E-state index contributed by atoms with van der Waals surface area (Å²) >= 11 is 10.1. The average Bonchev–Trinajstić information content (AvgIpc) is 2.92. The summed E-state index contributed by atoms with van der Waals surface area (Å²) in [5, 5.41) is 0. The van der Waals surface area contributed by atoms with Crippen LogP contribution in [0.1, 0.15) is 130 Å². The molecule has 0 saturated carbocycles. The minimum absolute atomic E-state index is 0. The van der Waals surface area contributed by atoms with Crippen molar-refractivity contribution in [3.05, 3.63) is 50.6 Å². The molecule has 0 N–H and O–H groups in total. The fourth-order valence-electron chi connectivity index (χ4n) is 4.11. The summed E-state index contributed by atoms with van der Waals surface area (Å²) in [6.07, 6.45) is 20.6. The Balaban J connectivity index is -0.000000727. The van der Waals surface area contributed by atoms with Gasteiger partial charge in [-0.3, -0.25) is 0 Å². The van der Waals surface area contributed by atoms with Crippen LogP contribution >= 0.6 is 13.4 Å². The summed E-state index contributed by atoms with van der Waals surface area (Å²) in [5.41, 5.74) is 0. The third kappa shape index (κ3) is 29.8. The fraction of sp³-hybridized carbons (Fsp3) is 0.750. The Kier molecular flexibility index (Phi) is 34.9. The second kappa shape index (κ2) is 31.3. The molecule has 0 aliphatic rings. The third-order valence-electron chi connectivity index (χ3n) is 6.35. The Morgan fingerprint density at radius 3 is 0.837 bits per heavy atom. The molecule has 0 aromatic heterocycles. The summed E-state index contributed by atoms with van der Waals surface area (Å²) in [7, 11) is 0. The molecule has 11 heteroatoms. The van der Waals surface area contributed by atoms with Gasteiger partial charge >= 0.3 is 19.5 Å². The van der Waals surface area contributed by atoms with Crippen molar-refractivity contribution in [2.45, 2.75) is 155 Å². The molecule has 0 aromatic rings. The molecular formula is C32H60O6P2S2Zn. The second-order valence-corrected chi connectivity index (χ2v) is 15.8. The molecule has 0 aromatic carbocycles. The summed E-state index contributed by atoms with van der Waals surface area (Å²) in [5.74, 6) is 0. The molecular weight excluding hydrogens is 672 g/mol.